The molecule has 1 aromatic carbocycles. The van der Waals surface area contributed by atoms with E-state index in [4.69, 9.17) is 28.9 Å². The van der Waals surface area contributed by atoms with Gasteiger partial charge in [-0.05, 0) is 50.7 Å². The van der Waals surface area contributed by atoms with Gasteiger partial charge in [-0.25, -0.2) is 9.97 Å². The lowest BCUT2D eigenvalue weighted by Gasteiger charge is -2.11. The molecule has 0 radical (unpaired) electrons. The van der Waals surface area contributed by atoms with Crippen molar-refractivity contribution in [1.82, 2.24) is 9.97 Å². The fourth-order valence-corrected chi connectivity index (χ4v) is 3.18. The van der Waals surface area contributed by atoms with Gasteiger partial charge >= 0.3 is 0 Å². The molecule has 2 aromatic rings. The molecule has 1 heterocycles. The molecule has 0 bridgehead atoms. The first-order valence-corrected chi connectivity index (χ1v) is 12.4. The van der Waals surface area contributed by atoms with Crippen LogP contribution in [0.2, 0.25) is 0 Å². The summed E-state index contributed by atoms with van der Waals surface area (Å²) >= 11 is 0. The molecule has 1 aromatic heterocycles. The molecule has 0 aliphatic heterocycles. The van der Waals surface area contributed by atoms with Crippen molar-refractivity contribution in [3.05, 3.63) is 35.7 Å². The van der Waals surface area contributed by atoms with Crippen LogP contribution in [-0.4, -0.2) is 61.8 Å². The van der Waals surface area contributed by atoms with Gasteiger partial charge in [0.1, 0.15) is 23.6 Å². The van der Waals surface area contributed by atoms with Gasteiger partial charge in [0, 0.05) is 13.2 Å². The van der Waals surface area contributed by atoms with Crippen LogP contribution in [0.3, 0.4) is 0 Å². The quantitative estimate of drug-likeness (QED) is 0.295. The van der Waals surface area contributed by atoms with E-state index in [0.717, 1.165) is 36.7 Å². The van der Waals surface area contributed by atoms with E-state index in [1.54, 1.807) is 0 Å². The zero-order valence-corrected chi connectivity index (χ0v) is 21.1. The van der Waals surface area contributed by atoms with E-state index < -0.39 is 0 Å². The van der Waals surface area contributed by atoms with E-state index in [-0.39, 0.29) is 12.2 Å². The number of hydrogen-bond donors (Lipinski definition) is 0. The number of benzene rings is 1. The zero-order chi connectivity index (χ0) is 24.4. The molecule has 2 atom stereocenters. The smallest absolute Gasteiger partial charge is 0.148 e. The molecule has 0 N–H and O–H groups in total. The Kier molecular flexibility index (Phi) is 13.9. The summed E-state index contributed by atoms with van der Waals surface area (Å²) in [5, 5.41) is 0. The molecule has 0 fully saturated rings. The van der Waals surface area contributed by atoms with Crippen LogP contribution in [0.1, 0.15) is 64.8 Å². The van der Waals surface area contributed by atoms with Gasteiger partial charge in [0.25, 0.3) is 0 Å². The second kappa shape index (κ2) is 17.0. The standard InChI is InChI=1S/C28H38N2O4/c1-5-11-23(33-21-19-31-7-3)15-17-27-28(30-26-14-10-9-13-25(26)29-27)18-16-24(12-6-2)34-22-20-32-8-4/h9-10,13-14,23-24H,5-8,11-12,19-22H2,1-4H3. The summed E-state index contributed by atoms with van der Waals surface area (Å²) in [5.74, 6) is 12.9. The molecule has 6 nitrogen and oxygen atoms in total. The van der Waals surface area contributed by atoms with Crippen molar-refractivity contribution in [2.45, 2.75) is 65.6 Å². The average Bonchev–Trinajstić information content (AvgIpc) is 2.85. The van der Waals surface area contributed by atoms with E-state index in [9.17, 15) is 0 Å². The molecule has 0 spiro atoms. The summed E-state index contributed by atoms with van der Waals surface area (Å²) in [6, 6.07) is 7.76. The Hall–Kier alpha value is -2.48. The van der Waals surface area contributed by atoms with Gasteiger partial charge < -0.3 is 18.9 Å². The Morgan fingerprint density at radius 1 is 0.676 bits per heavy atom. The summed E-state index contributed by atoms with van der Waals surface area (Å²) in [6.45, 7) is 11.7. The highest BCUT2D eigenvalue weighted by molar-refractivity contribution is 5.75. The largest absolute Gasteiger partial charge is 0.379 e. The topological polar surface area (TPSA) is 62.7 Å². The van der Waals surface area contributed by atoms with Crippen LogP contribution < -0.4 is 0 Å². The molecule has 0 amide bonds. The van der Waals surface area contributed by atoms with E-state index in [1.807, 2.05) is 38.1 Å². The van der Waals surface area contributed by atoms with E-state index in [2.05, 4.69) is 37.5 Å². The third-order valence-electron chi connectivity index (χ3n) is 4.88. The first-order chi connectivity index (χ1) is 16.7. The Labute approximate surface area is 204 Å². The van der Waals surface area contributed by atoms with Crippen molar-refractivity contribution < 1.29 is 18.9 Å². The zero-order valence-electron chi connectivity index (χ0n) is 21.1. The lowest BCUT2D eigenvalue weighted by atomic mass is 10.1. The molecule has 2 unspecified atom stereocenters. The number of nitrogens with zero attached hydrogens (tertiary/aromatic N) is 2. The Balaban J connectivity index is 2.29. The van der Waals surface area contributed by atoms with Gasteiger partial charge in [-0.3, -0.25) is 0 Å². The highest BCUT2D eigenvalue weighted by Crippen LogP contribution is 2.13. The van der Waals surface area contributed by atoms with Crippen LogP contribution >= 0.6 is 0 Å². The highest BCUT2D eigenvalue weighted by Gasteiger charge is 2.09. The van der Waals surface area contributed by atoms with E-state index in [0.29, 0.717) is 51.0 Å². The molecule has 0 saturated carbocycles. The molecular formula is C28H38N2O4. The van der Waals surface area contributed by atoms with Gasteiger partial charge in [0.2, 0.25) is 0 Å². The number of para-hydroxylation sites is 2. The van der Waals surface area contributed by atoms with Gasteiger partial charge in [-0.1, -0.05) is 50.7 Å². The van der Waals surface area contributed by atoms with Crippen LogP contribution in [0, 0.1) is 23.7 Å². The molecule has 6 heteroatoms. The first-order valence-electron chi connectivity index (χ1n) is 12.4. The maximum absolute atomic E-state index is 5.91. The van der Waals surface area contributed by atoms with Crippen LogP contribution in [-0.2, 0) is 18.9 Å². The number of ether oxygens (including phenoxy) is 4. The van der Waals surface area contributed by atoms with Gasteiger partial charge in [-0.2, -0.15) is 0 Å². The van der Waals surface area contributed by atoms with Crippen LogP contribution in [0.5, 0.6) is 0 Å². The molecule has 184 valence electrons. The van der Waals surface area contributed by atoms with Gasteiger partial charge in [-0.15, -0.1) is 0 Å². The van der Waals surface area contributed by atoms with Crippen molar-refractivity contribution in [3.8, 4) is 23.7 Å². The molecule has 0 aliphatic carbocycles. The molecule has 34 heavy (non-hydrogen) atoms. The average molecular weight is 467 g/mol. The maximum Gasteiger partial charge on any atom is 0.148 e. The van der Waals surface area contributed by atoms with Gasteiger partial charge in [0.15, 0.2) is 0 Å². The lowest BCUT2D eigenvalue weighted by molar-refractivity contribution is 0.0273. The number of fused-ring (bicyclic) bond motifs is 1. The van der Waals surface area contributed by atoms with E-state index in [1.165, 1.54) is 0 Å². The Morgan fingerprint density at radius 3 is 1.50 bits per heavy atom. The third kappa shape index (κ3) is 10.2. The molecule has 0 aliphatic rings. The minimum absolute atomic E-state index is 0.186. The summed E-state index contributed by atoms with van der Waals surface area (Å²) in [4.78, 5) is 9.50. The summed E-state index contributed by atoms with van der Waals surface area (Å²) < 4.78 is 22.6. The van der Waals surface area contributed by atoms with Crippen molar-refractivity contribution in [2.24, 2.45) is 0 Å². The Bertz CT molecular complexity index is 893. The SMILES string of the molecule is CCCC(C#Cc1nc2ccccc2nc1C#CC(CCC)OCCOCC)OCCOCC. The maximum atomic E-state index is 5.91. The monoisotopic (exact) mass is 466 g/mol. The van der Waals surface area contributed by atoms with Crippen LogP contribution in [0.15, 0.2) is 24.3 Å². The Morgan fingerprint density at radius 2 is 1.12 bits per heavy atom. The highest BCUT2D eigenvalue weighted by atomic mass is 16.5. The number of rotatable bonds is 14. The predicted molar refractivity (Wildman–Crippen MR) is 136 cm³/mol. The normalized spacial score (nSPS) is 12.5. The minimum atomic E-state index is -0.186. The van der Waals surface area contributed by atoms with Crippen molar-refractivity contribution >= 4 is 11.0 Å². The van der Waals surface area contributed by atoms with Crippen LogP contribution in [0.25, 0.3) is 11.0 Å². The fourth-order valence-electron chi connectivity index (χ4n) is 3.18. The second-order valence-electron chi connectivity index (χ2n) is 7.64. The molecular weight excluding hydrogens is 428 g/mol. The van der Waals surface area contributed by atoms with Crippen molar-refractivity contribution in [3.63, 3.8) is 0 Å². The number of hydrogen-bond acceptors (Lipinski definition) is 6. The van der Waals surface area contributed by atoms with Crippen molar-refractivity contribution in [2.75, 3.05) is 39.6 Å². The third-order valence-corrected chi connectivity index (χ3v) is 4.88. The molecule has 2 rings (SSSR count). The first kappa shape index (κ1) is 27.8. The second-order valence-corrected chi connectivity index (χ2v) is 7.64. The summed E-state index contributed by atoms with van der Waals surface area (Å²) in [5.41, 5.74) is 2.70. The molecule has 0 saturated heterocycles. The van der Waals surface area contributed by atoms with Crippen LogP contribution in [0.4, 0.5) is 0 Å². The fraction of sp³-hybridized carbons (Fsp3) is 0.571. The van der Waals surface area contributed by atoms with E-state index >= 15 is 0 Å². The lowest BCUT2D eigenvalue weighted by Crippen LogP contribution is -2.15. The van der Waals surface area contributed by atoms with Gasteiger partial charge in [0.05, 0.1) is 37.5 Å². The summed E-state index contributed by atoms with van der Waals surface area (Å²) in [6.07, 6.45) is 3.26. The van der Waals surface area contributed by atoms with Crippen molar-refractivity contribution in [1.29, 1.82) is 0 Å². The predicted octanol–water partition coefficient (Wildman–Crippen LogP) is 4.78. The summed E-state index contributed by atoms with van der Waals surface area (Å²) in [7, 11) is 0. The number of aromatic nitrogens is 2. The minimum Gasteiger partial charge on any atom is -0.379 e.